The monoisotopic (exact) mass is 421 g/mol. The van der Waals surface area contributed by atoms with Crippen LogP contribution in [0, 0.1) is 0 Å². The topological polar surface area (TPSA) is 90.0 Å². The second kappa shape index (κ2) is 11.3. The first kappa shape index (κ1) is 22.5. The Morgan fingerprint density at radius 1 is 1.17 bits per heavy atom. The summed E-state index contributed by atoms with van der Waals surface area (Å²) in [4.78, 5) is 30.5. The largest absolute Gasteiger partial charge is 0.497 e. The number of unbranched alkanes of at least 4 members (excludes halogenated alkanes) is 2. The van der Waals surface area contributed by atoms with Crippen LogP contribution in [0.4, 0.5) is 10.5 Å². The average molecular weight is 422 g/mol. The van der Waals surface area contributed by atoms with Crippen molar-refractivity contribution in [1.82, 2.24) is 9.88 Å². The molecule has 0 fully saturated rings. The number of rotatable bonds is 10. The van der Waals surface area contributed by atoms with Crippen LogP contribution in [0.25, 0.3) is 0 Å². The van der Waals surface area contributed by atoms with Gasteiger partial charge in [0.15, 0.2) is 5.69 Å². The summed E-state index contributed by atoms with van der Waals surface area (Å²) in [6.07, 6.45) is 2.94. The van der Waals surface area contributed by atoms with E-state index in [1.807, 2.05) is 0 Å². The van der Waals surface area contributed by atoms with E-state index < -0.39 is 5.97 Å². The lowest BCUT2D eigenvalue weighted by atomic mass is 10.2. The van der Waals surface area contributed by atoms with Gasteiger partial charge in [-0.3, -0.25) is 0 Å². The van der Waals surface area contributed by atoms with Crippen molar-refractivity contribution in [2.75, 3.05) is 33.2 Å². The van der Waals surface area contributed by atoms with Gasteiger partial charge in [-0.15, -0.1) is 11.3 Å². The molecule has 2 amide bonds. The predicted molar refractivity (Wildman–Crippen MR) is 112 cm³/mol. The molecular weight excluding hydrogens is 394 g/mol. The maximum Gasteiger partial charge on any atom is 0.357 e. The lowest BCUT2D eigenvalue weighted by Crippen LogP contribution is -2.35. The van der Waals surface area contributed by atoms with Gasteiger partial charge in [-0.25, -0.2) is 14.6 Å². The van der Waals surface area contributed by atoms with Crippen LogP contribution in [0.15, 0.2) is 23.6 Å². The van der Waals surface area contributed by atoms with Crippen LogP contribution >= 0.6 is 11.3 Å². The average Bonchev–Trinajstić information content (AvgIpc) is 3.21. The fourth-order valence-electron chi connectivity index (χ4n) is 2.65. The smallest absolute Gasteiger partial charge is 0.357 e. The molecule has 0 aliphatic carbocycles. The van der Waals surface area contributed by atoms with Crippen molar-refractivity contribution >= 4 is 29.0 Å². The van der Waals surface area contributed by atoms with E-state index in [1.165, 1.54) is 25.6 Å². The van der Waals surface area contributed by atoms with Crippen LogP contribution < -0.4 is 14.8 Å². The van der Waals surface area contributed by atoms with E-state index >= 15 is 0 Å². The lowest BCUT2D eigenvalue weighted by molar-refractivity contribution is 0.0594. The molecule has 0 aliphatic heterocycles. The number of carbonyl (C=O) groups is 2. The van der Waals surface area contributed by atoms with Crippen LogP contribution in [0.5, 0.6) is 11.5 Å². The van der Waals surface area contributed by atoms with Crippen molar-refractivity contribution < 1.29 is 23.8 Å². The highest BCUT2D eigenvalue weighted by molar-refractivity contribution is 7.09. The van der Waals surface area contributed by atoms with Gasteiger partial charge in [-0.1, -0.05) is 19.8 Å². The molecule has 158 valence electrons. The molecule has 0 saturated carbocycles. The predicted octanol–water partition coefficient (Wildman–Crippen LogP) is 4.17. The van der Waals surface area contributed by atoms with E-state index in [2.05, 4.69) is 17.2 Å². The van der Waals surface area contributed by atoms with Crippen LogP contribution in [0.1, 0.15) is 41.7 Å². The number of esters is 1. The standard InChI is InChI=1S/C20H27N3O5S/c1-5-6-7-10-23(12-18-21-16(13-29-18)19(24)28-4)20(25)22-15-9-8-14(26-2)11-17(15)27-3/h8-9,11,13H,5-7,10,12H2,1-4H3,(H,22,25). The second-order valence-corrected chi connectivity index (χ2v) is 7.19. The Morgan fingerprint density at radius 2 is 1.97 bits per heavy atom. The maximum atomic E-state index is 12.9. The second-order valence-electron chi connectivity index (χ2n) is 6.24. The van der Waals surface area contributed by atoms with Gasteiger partial charge in [-0.2, -0.15) is 0 Å². The molecule has 1 aromatic heterocycles. The molecule has 1 N–H and O–H groups in total. The van der Waals surface area contributed by atoms with Gasteiger partial charge >= 0.3 is 12.0 Å². The molecule has 2 aromatic rings. The molecule has 2 rings (SSSR count). The zero-order valence-corrected chi connectivity index (χ0v) is 18.0. The first-order chi connectivity index (χ1) is 14.0. The number of anilines is 1. The summed E-state index contributed by atoms with van der Waals surface area (Å²) < 4.78 is 15.2. The number of aromatic nitrogens is 1. The van der Waals surface area contributed by atoms with Gasteiger partial charge in [0.05, 0.1) is 33.6 Å². The minimum Gasteiger partial charge on any atom is -0.497 e. The number of nitrogens with zero attached hydrogens (tertiary/aromatic N) is 2. The third-order valence-electron chi connectivity index (χ3n) is 4.24. The number of hydrogen-bond acceptors (Lipinski definition) is 7. The number of methoxy groups -OCH3 is 3. The maximum absolute atomic E-state index is 12.9. The summed E-state index contributed by atoms with van der Waals surface area (Å²) in [6.45, 7) is 2.98. The third kappa shape index (κ3) is 6.35. The van der Waals surface area contributed by atoms with Gasteiger partial charge in [0, 0.05) is 18.0 Å². The normalized spacial score (nSPS) is 10.3. The Hall–Kier alpha value is -2.81. The molecule has 0 radical (unpaired) electrons. The molecule has 0 unspecified atom stereocenters. The number of thiazole rings is 1. The number of nitrogens with one attached hydrogen (secondary N) is 1. The fraction of sp³-hybridized carbons (Fsp3) is 0.450. The van der Waals surface area contributed by atoms with Crippen molar-refractivity contribution in [3.8, 4) is 11.5 Å². The van der Waals surface area contributed by atoms with Crippen LogP contribution in [-0.4, -0.2) is 49.8 Å². The molecule has 1 heterocycles. The van der Waals surface area contributed by atoms with Gasteiger partial charge < -0.3 is 24.4 Å². The van der Waals surface area contributed by atoms with Gasteiger partial charge in [0.25, 0.3) is 0 Å². The molecule has 29 heavy (non-hydrogen) atoms. The van der Waals surface area contributed by atoms with Crippen molar-refractivity contribution in [3.63, 3.8) is 0 Å². The van der Waals surface area contributed by atoms with Crippen molar-refractivity contribution in [3.05, 3.63) is 34.3 Å². The van der Waals surface area contributed by atoms with E-state index in [1.54, 1.807) is 35.6 Å². The highest BCUT2D eigenvalue weighted by Crippen LogP contribution is 2.29. The number of hydrogen-bond donors (Lipinski definition) is 1. The third-order valence-corrected chi connectivity index (χ3v) is 5.08. The Labute approximate surface area is 174 Å². The summed E-state index contributed by atoms with van der Waals surface area (Å²) >= 11 is 1.32. The van der Waals surface area contributed by atoms with E-state index in [0.29, 0.717) is 35.3 Å². The molecule has 0 spiro atoms. The van der Waals surface area contributed by atoms with Crippen LogP contribution in [0.3, 0.4) is 0 Å². The fourth-order valence-corrected chi connectivity index (χ4v) is 3.42. The van der Waals surface area contributed by atoms with E-state index in [0.717, 1.165) is 19.3 Å². The van der Waals surface area contributed by atoms with E-state index in [-0.39, 0.29) is 11.7 Å². The van der Waals surface area contributed by atoms with Crippen LogP contribution in [0.2, 0.25) is 0 Å². The summed E-state index contributed by atoms with van der Waals surface area (Å²) in [5.74, 6) is 0.656. The lowest BCUT2D eigenvalue weighted by Gasteiger charge is -2.23. The number of amides is 2. The number of urea groups is 1. The number of carbonyl (C=O) groups excluding carboxylic acids is 2. The zero-order valence-electron chi connectivity index (χ0n) is 17.2. The number of benzene rings is 1. The molecule has 9 heteroatoms. The highest BCUT2D eigenvalue weighted by Gasteiger charge is 2.19. The SMILES string of the molecule is CCCCCN(Cc1nc(C(=O)OC)cs1)C(=O)Nc1ccc(OC)cc1OC. The van der Waals surface area contributed by atoms with E-state index in [4.69, 9.17) is 14.2 Å². The minimum atomic E-state index is -0.488. The highest BCUT2D eigenvalue weighted by atomic mass is 32.1. The number of ether oxygens (including phenoxy) is 3. The molecule has 0 atom stereocenters. The van der Waals surface area contributed by atoms with Gasteiger partial charge in [-0.05, 0) is 18.6 Å². The first-order valence-corrected chi connectivity index (χ1v) is 10.2. The summed E-state index contributed by atoms with van der Waals surface area (Å²) in [7, 11) is 4.42. The minimum absolute atomic E-state index is 0.248. The first-order valence-electron chi connectivity index (χ1n) is 9.33. The van der Waals surface area contributed by atoms with Crippen molar-refractivity contribution in [2.24, 2.45) is 0 Å². The molecule has 1 aromatic carbocycles. The van der Waals surface area contributed by atoms with Gasteiger partial charge in [0.1, 0.15) is 16.5 Å². The molecule has 8 nitrogen and oxygen atoms in total. The van der Waals surface area contributed by atoms with Crippen molar-refractivity contribution in [2.45, 2.75) is 32.7 Å². The molecule has 0 aliphatic rings. The van der Waals surface area contributed by atoms with Crippen LogP contribution in [-0.2, 0) is 11.3 Å². The quantitative estimate of drug-likeness (QED) is 0.457. The summed E-state index contributed by atoms with van der Waals surface area (Å²) in [5.41, 5.74) is 0.798. The Kier molecular flexibility index (Phi) is 8.72. The molecular formula is C20H27N3O5S. The summed E-state index contributed by atoms with van der Waals surface area (Å²) in [6, 6.07) is 4.93. The summed E-state index contributed by atoms with van der Waals surface area (Å²) in [5, 5.41) is 5.19. The van der Waals surface area contributed by atoms with Crippen molar-refractivity contribution in [1.29, 1.82) is 0 Å². The zero-order chi connectivity index (χ0) is 21.2. The van der Waals surface area contributed by atoms with E-state index in [9.17, 15) is 9.59 Å². The Morgan fingerprint density at radius 3 is 2.62 bits per heavy atom. The Bertz CT molecular complexity index is 824. The Balaban J connectivity index is 2.15. The van der Waals surface area contributed by atoms with Gasteiger partial charge in [0.2, 0.25) is 0 Å². The molecule has 0 saturated heterocycles. The molecule has 0 bridgehead atoms.